The Kier molecular flexibility index (Phi) is 5.81. The Bertz CT molecular complexity index is 1020. The van der Waals surface area contributed by atoms with E-state index in [9.17, 15) is 18.0 Å². The molecule has 0 aliphatic rings. The van der Waals surface area contributed by atoms with Crippen molar-refractivity contribution in [3.8, 4) is 11.3 Å². The van der Waals surface area contributed by atoms with E-state index >= 15 is 0 Å². The highest BCUT2D eigenvalue weighted by Crippen LogP contribution is 2.30. The van der Waals surface area contributed by atoms with Gasteiger partial charge in [0.25, 0.3) is 5.91 Å². The number of hydrogen-bond donors (Lipinski definition) is 1. The number of hydrogen-bond acceptors (Lipinski definition) is 4. The minimum atomic E-state index is -4.40. The fourth-order valence-corrected chi connectivity index (χ4v) is 2.78. The number of alkyl halides is 3. The van der Waals surface area contributed by atoms with E-state index in [4.69, 9.17) is 0 Å². The lowest BCUT2D eigenvalue weighted by molar-refractivity contribution is -0.137. The van der Waals surface area contributed by atoms with Crippen LogP contribution < -0.4 is 5.32 Å². The summed E-state index contributed by atoms with van der Waals surface area (Å²) in [4.78, 5) is 22.3. The van der Waals surface area contributed by atoms with Gasteiger partial charge in [0.2, 0.25) is 0 Å². The first-order valence-corrected chi connectivity index (χ1v) is 8.79. The molecule has 0 saturated heterocycles. The first-order chi connectivity index (χ1) is 13.8. The number of anilines is 1. The number of halogens is 3. The van der Waals surface area contributed by atoms with Gasteiger partial charge in [-0.05, 0) is 29.8 Å². The fourth-order valence-electron chi connectivity index (χ4n) is 2.78. The second-order valence-electron chi connectivity index (χ2n) is 6.59. The molecule has 1 aromatic heterocycles. The van der Waals surface area contributed by atoms with Gasteiger partial charge in [0, 0.05) is 44.2 Å². The smallest absolute Gasteiger partial charge is 0.364 e. The average Bonchev–Trinajstić information content (AvgIpc) is 2.71. The maximum Gasteiger partial charge on any atom is 0.416 e. The number of nitrogens with zero attached hydrogens (tertiary/aromatic N) is 3. The molecule has 0 saturated carbocycles. The van der Waals surface area contributed by atoms with E-state index in [0.717, 1.165) is 12.1 Å². The third kappa shape index (κ3) is 4.90. The van der Waals surface area contributed by atoms with Crippen molar-refractivity contribution in [3.63, 3.8) is 0 Å². The summed E-state index contributed by atoms with van der Waals surface area (Å²) in [6.07, 6.45) is -1.38. The molecule has 5 nitrogen and oxygen atoms in total. The third-order valence-electron chi connectivity index (χ3n) is 4.20. The van der Waals surface area contributed by atoms with Crippen molar-refractivity contribution in [2.45, 2.75) is 12.7 Å². The highest BCUT2D eigenvalue weighted by molar-refractivity contribution is 5.95. The van der Waals surface area contributed by atoms with Crippen LogP contribution in [0.3, 0.4) is 0 Å². The van der Waals surface area contributed by atoms with Crippen LogP contribution in [0.5, 0.6) is 0 Å². The van der Waals surface area contributed by atoms with E-state index in [1.165, 1.54) is 23.4 Å². The zero-order valence-electron chi connectivity index (χ0n) is 15.9. The number of carbonyl (C=O) groups excluding carboxylic acids is 1. The zero-order chi connectivity index (χ0) is 21.0. The molecule has 0 bridgehead atoms. The van der Waals surface area contributed by atoms with Gasteiger partial charge in [-0.15, -0.1) is 0 Å². The first kappa shape index (κ1) is 20.3. The van der Waals surface area contributed by atoms with Crippen LogP contribution in [0.15, 0.2) is 60.9 Å². The third-order valence-corrected chi connectivity index (χ3v) is 4.20. The van der Waals surface area contributed by atoms with Crippen LogP contribution in [0.1, 0.15) is 21.5 Å². The lowest BCUT2D eigenvalue weighted by atomic mass is 10.1. The maximum atomic E-state index is 12.9. The average molecular weight is 400 g/mol. The predicted octanol–water partition coefficient (Wildman–Crippen LogP) is 4.48. The summed E-state index contributed by atoms with van der Waals surface area (Å²) < 4.78 is 38.7. The fraction of sp³-hybridized carbons (Fsp3) is 0.190. The van der Waals surface area contributed by atoms with Crippen LogP contribution in [-0.2, 0) is 12.7 Å². The Morgan fingerprint density at radius 1 is 1.03 bits per heavy atom. The van der Waals surface area contributed by atoms with Gasteiger partial charge in [-0.25, -0.2) is 4.98 Å². The van der Waals surface area contributed by atoms with Gasteiger partial charge in [-0.3, -0.25) is 9.78 Å². The molecule has 0 unspecified atom stereocenters. The van der Waals surface area contributed by atoms with Gasteiger partial charge in [-0.1, -0.05) is 24.3 Å². The van der Waals surface area contributed by atoms with Gasteiger partial charge in [0.1, 0.15) is 5.69 Å². The van der Waals surface area contributed by atoms with Gasteiger partial charge in [0.15, 0.2) is 5.82 Å². The van der Waals surface area contributed by atoms with Crippen molar-refractivity contribution in [1.29, 1.82) is 0 Å². The minimum Gasteiger partial charge on any atom is -0.364 e. The first-order valence-electron chi connectivity index (χ1n) is 8.79. The number of nitrogens with one attached hydrogen (secondary N) is 1. The molecule has 3 aromatic rings. The van der Waals surface area contributed by atoms with E-state index in [-0.39, 0.29) is 12.5 Å². The molecule has 1 heterocycles. The van der Waals surface area contributed by atoms with Gasteiger partial charge < -0.3 is 10.2 Å². The molecular formula is C21H19F3N4O. The second kappa shape index (κ2) is 8.30. The number of carbonyl (C=O) groups is 1. The number of rotatable bonds is 5. The molecule has 0 fully saturated rings. The Labute approximate surface area is 166 Å². The Hall–Kier alpha value is -3.42. The summed E-state index contributed by atoms with van der Waals surface area (Å²) in [6.45, 7) is 0.145. The topological polar surface area (TPSA) is 58.1 Å². The molecule has 3 rings (SSSR count). The molecule has 1 N–H and O–H groups in total. The summed E-state index contributed by atoms with van der Waals surface area (Å²) in [7, 11) is 3.33. The summed E-state index contributed by atoms with van der Waals surface area (Å²) in [5.74, 6) is 0.272. The lowest BCUT2D eigenvalue weighted by Crippen LogP contribution is -2.21. The molecule has 29 heavy (non-hydrogen) atoms. The second-order valence-corrected chi connectivity index (χ2v) is 6.59. The van der Waals surface area contributed by atoms with Crippen molar-refractivity contribution in [3.05, 3.63) is 77.6 Å². The minimum absolute atomic E-state index is 0.144. The summed E-state index contributed by atoms with van der Waals surface area (Å²) in [6, 6.07) is 12.1. The van der Waals surface area contributed by atoms with Crippen molar-refractivity contribution in [2.24, 2.45) is 0 Å². The van der Waals surface area contributed by atoms with Crippen LogP contribution in [0, 0.1) is 0 Å². The van der Waals surface area contributed by atoms with Crippen LogP contribution in [0.2, 0.25) is 0 Å². The standard InChI is InChI=1S/C21H19F3N4O/c1-28(2)20(29)16-7-4-6-15(12-16)18-19(26-10-9-25-18)27-13-14-5-3-8-17(11-14)21(22,23)24/h3-12H,13H2,1-2H3,(H,26,27). The highest BCUT2D eigenvalue weighted by atomic mass is 19.4. The van der Waals surface area contributed by atoms with Crippen LogP contribution in [-0.4, -0.2) is 34.9 Å². The van der Waals surface area contributed by atoms with Gasteiger partial charge in [0.05, 0.1) is 5.56 Å². The molecular weight excluding hydrogens is 381 g/mol. The van der Waals surface area contributed by atoms with Crippen molar-refractivity contribution in [1.82, 2.24) is 14.9 Å². The SMILES string of the molecule is CN(C)C(=O)c1cccc(-c2nccnc2NCc2cccc(C(F)(F)F)c2)c1. The molecule has 0 spiro atoms. The molecule has 1 amide bonds. The number of amides is 1. The maximum absolute atomic E-state index is 12.9. The summed E-state index contributed by atoms with van der Waals surface area (Å²) in [5, 5.41) is 3.04. The Morgan fingerprint density at radius 3 is 2.48 bits per heavy atom. The van der Waals surface area contributed by atoms with Crippen molar-refractivity contribution >= 4 is 11.7 Å². The van der Waals surface area contributed by atoms with E-state index in [1.54, 1.807) is 44.4 Å². The molecule has 2 aromatic carbocycles. The highest BCUT2D eigenvalue weighted by Gasteiger charge is 2.30. The van der Waals surface area contributed by atoms with E-state index in [1.807, 2.05) is 0 Å². The largest absolute Gasteiger partial charge is 0.416 e. The monoisotopic (exact) mass is 400 g/mol. The normalized spacial score (nSPS) is 11.2. The van der Waals surface area contributed by atoms with Crippen LogP contribution in [0.25, 0.3) is 11.3 Å². The molecule has 8 heteroatoms. The Balaban J connectivity index is 1.86. The lowest BCUT2D eigenvalue weighted by Gasteiger charge is -2.13. The molecule has 150 valence electrons. The van der Waals surface area contributed by atoms with Crippen molar-refractivity contribution in [2.75, 3.05) is 19.4 Å². The molecule has 0 aliphatic carbocycles. The number of benzene rings is 2. The van der Waals surface area contributed by atoms with Crippen LogP contribution >= 0.6 is 0 Å². The predicted molar refractivity (Wildman–Crippen MR) is 104 cm³/mol. The number of aromatic nitrogens is 2. The quantitative estimate of drug-likeness (QED) is 0.686. The zero-order valence-corrected chi connectivity index (χ0v) is 15.9. The van der Waals surface area contributed by atoms with E-state index < -0.39 is 11.7 Å². The van der Waals surface area contributed by atoms with Crippen molar-refractivity contribution < 1.29 is 18.0 Å². The van der Waals surface area contributed by atoms with Crippen LogP contribution in [0.4, 0.5) is 19.0 Å². The molecule has 0 aliphatic heterocycles. The van der Waals surface area contributed by atoms with E-state index in [2.05, 4.69) is 15.3 Å². The Morgan fingerprint density at radius 2 is 1.76 bits per heavy atom. The van der Waals surface area contributed by atoms with E-state index in [0.29, 0.717) is 28.2 Å². The molecule has 0 atom stereocenters. The molecule has 0 radical (unpaired) electrons. The summed E-state index contributed by atoms with van der Waals surface area (Å²) >= 11 is 0. The van der Waals surface area contributed by atoms with Gasteiger partial charge >= 0.3 is 6.18 Å². The van der Waals surface area contributed by atoms with Gasteiger partial charge in [-0.2, -0.15) is 13.2 Å². The summed E-state index contributed by atoms with van der Waals surface area (Å²) in [5.41, 5.74) is 1.45.